The van der Waals surface area contributed by atoms with Gasteiger partial charge in [0.2, 0.25) is 10.0 Å². The van der Waals surface area contributed by atoms with Gasteiger partial charge >= 0.3 is 5.97 Å². The molecular formula is C11H13F2NO4S. The predicted molar refractivity (Wildman–Crippen MR) is 63.0 cm³/mol. The van der Waals surface area contributed by atoms with Crippen LogP contribution in [-0.2, 0) is 14.8 Å². The molecule has 0 spiro atoms. The summed E-state index contributed by atoms with van der Waals surface area (Å²) in [6.45, 7) is 1.44. The van der Waals surface area contributed by atoms with Crippen molar-refractivity contribution in [1.29, 1.82) is 0 Å². The van der Waals surface area contributed by atoms with E-state index in [9.17, 15) is 22.0 Å². The fourth-order valence-corrected chi connectivity index (χ4v) is 2.78. The third-order valence-electron chi connectivity index (χ3n) is 2.33. The number of carboxylic acids is 1. The number of sulfonamides is 1. The van der Waals surface area contributed by atoms with Crippen molar-refractivity contribution >= 4 is 16.0 Å². The number of nitrogens with one attached hydrogen (secondary N) is 1. The van der Waals surface area contributed by atoms with Gasteiger partial charge in [0, 0.05) is 12.5 Å². The Morgan fingerprint density at radius 3 is 2.63 bits per heavy atom. The van der Waals surface area contributed by atoms with Gasteiger partial charge in [-0.2, -0.15) is 0 Å². The number of carbonyl (C=O) groups is 1. The molecule has 1 aromatic carbocycles. The zero-order chi connectivity index (χ0) is 14.6. The van der Waals surface area contributed by atoms with Gasteiger partial charge in [0.25, 0.3) is 0 Å². The lowest BCUT2D eigenvalue weighted by Gasteiger charge is -2.13. The van der Waals surface area contributed by atoms with E-state index in [0.29, 0.717) is 12.1 Å². The molecule has 1 atom stereocenters. The average Bonchev–Trinajstić information content (AvgIpc) is 2.29. The first-order chi connectivity index (χ1) is 8.72. The molecule has 0 aromatic heterocycles. The van der Waals surface area contributed by atoms with Crippen LogP contribution in [0.3, 0.4) is 0 Å². The van der Waals surface area contributed by atoms with Gasteiger partial charge in [-0.3, -0.25) is 4.79 Å². The summed E-state index contributed by atoms with van der Waals surface area (Å²) in [6, 6.07) is 1.39. The molecule has 1 rings (SSSR count). The van der Waals surface area contributed by atoms with E-state index in [4.69, 9.17) is 5.11 Å². The molecule has 0 aliphatic carbocycles. The third kappa shape index (κ3) is 4.56. The molecule has 106 valence electrons. The minimum atomic E-state index is -4.22. The smallest absolute Gasteiger partial charge is 0.303 e. The molecule has 5 nitrogen and oxygen atoms in total. The van der Waals surface area contributed by atoms with Crippen molar-refractivity contribution in [2.45, 2.75) is 30.7 Å². The summed E-state index contributed by atoms with van der Waals surface area (Å²) in [5, 5.41) is 8.47. The van der Waals surface area contributed by atoms with Crippen LogP contribution >= 0.6 is 0 Å². The van der Waals surface area contributed by atoms with Crippen LogP contribution in [0.2, 0.25) is 0 Å². The van der Waals surface area contributed by atoms with Gasteiger partial charge in [-0.05, 0) is 31.5 Å². The summed E-state index contributed by atoms with van der Waals surface area (Å²) in [4.78, 5) is 9.55. The normalized spacial score (nSPS) is 13.2. The number of rotatable bonds is 6. The van der Waals surface area contributed by atoms with Crippen molar-refractivity contribution in [3.05, 3.63) is 29.8 Å². The van der Waals surface area contributed by atoms with Crippen LogP contribution in [0.25, 0.3) is 0 Å². The number of benzene rings is 1. The Labute approximate surface area is 109 Å². The van der Waals surface area contributed by atoms with Gasteiger partial charge in [0.1, 0.15) is 16.5 Å². The van der Waals surface area contributed by atoms with Gasteiger partial charge in [0.15, 0.2) is 0 Å². The van der Waals surface area contributed by atoms with Gasteiger partial charge in [0.05, 0.1) is 0 Å². The molecule has 0 bridgehead atoms. The van der Waals surface area contributed by atoms with Crippen molar-refractivity contribution in [1.82, 2.24) is 4.72 Å². The molecule has 1 aromatic rings. The predicted octanol–water partition coefficient (Wildman–Crippen LogP) is 1.50. The SMILES string of the molecule is CC(CCC(=O)O)NS(=O)(=O)c1cc(F)ccc1F. The highest BCUT2D eigenvalue weighted by atomic mass is 32.2. The number of aliphatic carboxylic acids is 1. The summed E-state index contributed by atoms with van der Waals surface area (Å²) < 4.78 is 52.0. The Balaban J connectivity index is 2.86. The number of halogens is 2. The molecule has 0 radical (unpaired) electrons. The molecule has 2 N–H and O–H groups in total. The maximum atomic E-state index is 13.3. The van der Waals surface area contributed by atoms with Crippen LogP contribution < -0.4 is 4.72 Å². The molecular weight excluding hydrogens is 280 g/mol. The van der Waals surface area contributed by atoms with Crippen LogP contribution in [0.1, 0.15) is 19.8 Å². The quantitative estimate of drug-likeness (QED) is 0.832. The fourth-order valence-electron chi connectivity index (χ4n) is 1.41. The Hall–Kier alpha value is -1.54. The lowest BCUT2D eigenvalue weighted by molar-refractivity contribution is -0.137. The maximum absolute atomic E-state index is 13.3. The number of hydrogen-bond acceptors (Lipinski definition) is 3. The molecule has 0 saturated heterocycles. The minimum absolute atomic E-state index is 0.0471. The summed E-state index contributed by atoms with van der Waals surface area (Å²) >= 11 is 0. The zero-order valence-electron chi connectivity index (χ0n) is 10.1. The van der Waals surface area contributed by atoms with Gasteiger partial charge in [-0.1, -0.05) is 0 Å². The monoisotopic (exact) mass is 293 g/mol. The van der Waals surface area contributed by atoms with Gasteiger partial charge in [-0.15, -0.1) is 0 Å². The van der Waals surface area contributed by atoms with E-state index in [1.165, 1.54) is 6.92 Å². The first-order valence-electron chi connectivity index (χ1n) is 5.41. The first kappa shape index (κ1) is 15.5. The van der Waals surface area contributed by atoms with Crippen LogP contribution in [0.5, 0.6) is 0 Å². The van der Waals surface area contributed by atoms with E-state index in [-0.39, 0.29) is 12.8 Å². The fraction of sp³-hybridized carbons (Fsp3) is 0.364. The zero-order valence-corrected chi connectivity index (χ0v) is 10.9. The van der Waals surface area contributed by atoms with E-state index in [1.807, 2.05) is 0 Å². The Bertz CT molecular complexity index is 574. The largest absolute Gasteiger partial charge is 0.481 e. The molecule has 0 heterocycles. The lowest BCUT2D eigenvalue weighted by atomic mass is 10.2. The Kier molecular flexibility index (Phi) is 4.96. The Morgan fingerprint density at radius 2 is 2.05 bits per heavy atom. The third-order valence-corrected chi connectivity index (χ3v) is 3.93. The topological polar surface area (TPSA) is 83.5 Å². The second-order valence-corrected chi connectivity index (χ2v) is 5.71. The molecule has 19 heavy (non-hydrogen) atoms. The summed E-state index contributed by atoms with van der Waals surface area (Å²) in [5.41, 5.74) is 0. The molecule has 0 saturated carbocycles. The number of carboxylic acid groups (broad SMARTS) is 1. The van der Waals surface area contributed by atoms with E-state index in [1.54, 1.807) is 0 Å². The van der Waals surface area contributed by atoms with Crippen molar-refractivity contribution < 1.29 is 27.1 Å². The van der Waals surface area contributed by atoms with E-state index in [2.05, 4.69) is 4.72 Å². The summed E-state index contributed by atoms with van der Waals surface area (Å²) in [7, 11) is -4.22. The van der Waals surface area contributed by atoms with Crippen LogP contribution in [0, 0.1) is 11.6 Å². The highest BCUT2D eigenvalue weighted by molar-refractivity contribution is 7.89. The Morgan fingerprint density at radius 1 is 1.42 bits per heavy atom. The van der Waals surface area contributed by atoms with E-state index in [0.717, 1.165) is 6.07 Å². The molecule has 8 heteroatoms. The van der Waals surface area contributed by atoms with Crippen molar-refractivity contribution in [3.8, 4) is 0 Å². The highest BCUT2D eigenvalue weighted by Gasteiger charge is 2.22. The lowest BCUT2D eigenvalue weighted by Crippen LogP contribution is -2.33. The second-order valence-electron chi connectivity index (χ2n) is 4.03. The van der Waals surface area contributed by atoms with Gasteiger partial charge in [-0.25, -0.2) is 21.9 Å². The highest BCUT2D eigenvalue weighted by Crippen LogP contribution is 2.16. The van der Waals surface area contributed by atoms with Crippen LogP contribution in [-0.4, -0.2) is 25.5 Å². The average molecular weight is 293 g/mol. The standard InChI is InChI=1S/C11H13F2NO4S/c1-7(2-5-11(15)16)14-19(17,18)10-6-8(12)3-4-9(10)13/h3-4,6-7,14H,2,5H2,1H3,(H,15,16). The maximum Gasteiger partial charge on any atom is 0.303 e. The molecule has 0 fully saturated rings. The second kappa shape index (κ2) is 6.07. The van der Waals surface area contributed by atoms with Crippen molar-refractivity contribution in [2.75, 3.05) is 0 Å². The summed E-state index contributed by atoms with van der Waals surface area (Å²) in [5.74, 6) is -3.01. The van der Waals surface area contributed by atoms with Crippen molar-refractivity contribution in [3.63, 3.8) is 0 Å². The van der Waals surface area contributed by atoms with Crippen molar-refractivity contribution in [2.24, 2.45) is 0 Å². The summed E-state index contributed by atoms with van der Waals surface area (Å²) in [6.07, 6.45) is -0.180. The van der Waals surface area contributed by atoms with Gasteiger partial charge < -0.3 is 5.11 Å². The number of hydrogen-bond donors (Lipinski definition) is 2. The van der Waals surface area contributed by atoms with Crippen LogP contribution in [0.15, 0.2) is 23.1 Å². The molecule has 0 aliphatic rings. The van der Waals surface area contributed by atoms with E-state index < -0.39 is 38.6 Å². The van der Waals surface area contributed by atoms with Crippen LogP contribution in [0.4, 0.5) is 8.78 Å². The minimum Gasteiger partial charge on any atom is -0.481 e. The molecule has 0 aliphatic heterocycles. The molecule has 1 unspecified atom stereocenters. The molecule has 0 amide bonds. The first-order valence-corrected chi connectivity index (χ1v) is 6.90. The van der Waals surface area contributed by atoms with E-state index >= 15 is 0 Å².